The van der Waals surface area contributed by atoms with E-state index in [1.807, 2.05) is 6.92 Å². The molecule has 2 heterocycles. The van der Waals surface area contributed by atoms with Crippen molar-refractivity contribution in [2.75, 3.05) is 5.73 Å². The molecule has 0 bridgehead atoms. The van der Waals surface area contributed by atoms with Gasteiger partial charge in [-0.1, -0.05) is 29.8 Å². The van der Waals surface area contributed by atoms with E-state index in [1.54, 1.807) is 30.3 Å². The maximum absolute atomic E-state index is 13.4. The first-order valence-electron chi connectivity index (χ1n) is 6.68. The summed E-state index contributed by atoms with van der Waals surface area (Å²) in [4.78, 5) is 7.79. The number of rotatable bonds is 2. The minimum atomic E-state index is -4.64. The molecule has 0 atom stereocenters. The number of hydrogen-bond donors (Lipinski definition) is 1. The summed E-state index contributed by atoms with van der Waals surface area (Å²) in [5.74, 6) is -0.179. The van der Waals surface area contributed by atoms with E-state index in [9.17, 15) is 13.2 Å². The van der Waals surface area contributed by atoms with E-state index in [-0.39, 0.29) is 17.3 Å². The van der Waals surface area contributed by atoms with Gasteiger partial charge in [0.15, 0.2) is 5.69 Å². The number of aromatic nitrogens is 4. The number of benzene rings is 1. The van der Waals surface area contributed by atoms with Crippen molar-refractivity contribution >= 4 is 5.82 Å². The fraction of sp³-hybridized carbons (Fsp3) is 0.133. The third kappa shape index (κ3) is 2.75. The van der Waals surface area contributed by atoms with Crippen molar-refractivity contribution in [2.24, 2.45) is 0 Å². The van der Waals surface area contributed by atoms with Gasteiger partial charge in [-0.25, -0.2) is 9.97 Å². The van der Waals surface area contributed by atoms with E-state index < -0.39 is 11.9 Å². The monoisotopic (exact) mass is 319 g/mol. The van der Waals surface area contributed by atoms with E-state index >= 15 is 0 Å². The van der Waals surface area contributed by atoms with Gasteiger partial charge >= 0.3 is 6.18 Å². The third-order valence-electron chi connectivity index (χ3n) is 3.27. The predicted octanol–water partition coefficient (Wildman–Crippen LogP) is 3.24. The highest BCUT2D eigenvalue weighted by atomic mass is 19.4. The Kier molecular flexibility index (Phi) is 3.51. The minimum Gasteiger partial charge on any atom is -0.383 e. The van der Waals surface area contributed by atoms with Crippen LogP contribution in [0.4, 0.5) is 19.0 Å². The Morgan fingerprint density at radius 2 is 1.65 bits per heavy atom. The Labute approximate surface area is 129 Å². The van der Waals surface area contributed by atoms with Crippen molar-refractivity contribution in [3.05, 3.63) is 54.0 Å². The van der Waals surface area contributed by atoms with Gasteiger partial charge in [0.05, 0.1) is 5.56 Å². The Hall–Kier alpha value is -2.90. The number of halogens is 3. The zero-order valence-corrected chi connectivity index (χ0v) is 12.0. The van der Waals surface area contributed by atoms with Crippen LogP contribution in [0.3, 0.4) is 0 Å². The van der Waals surface area contributed by atoms with Crippen LogP contribution in [0.2, 0.25) is 0 Å². The summed E-state index contributed by atoms with van der Waals surface area (Å²) in [5.41, 5.74) is 5.95. The second-order valence-electron chi connectivity index (χ2n) is 4.93. The first-order chi connectivity index (χ1) is 10.9. The molecule has 0 saturated heterocycles. The molecule has 118 valence electrons. The second kappa shape index (κ2) is 5.38. The molecule has 0 aliphatic heterocycles. The number of nitrogen functional groups attached to an aromatic ring is 1. The van der Waals surface area contributed by atoms with Crippen LogP contribution in [0, 0.1) is 6.92 Å². The summed E-state index contributed by atoms with van der Waals surface area (Å²) in [6.07, 6.45) is -1.83. The van der Waals surface area contributed by atoms with Gasteiger partial charge in [-0.2, -0.15) is 23.0 Å². The smallest absolute Gasteiger partial charge is 0.383 e. The minimum absolute atomic E-state index is 0.0196. The largest absolute Gasteiger partial charge is 0.435 e. The molecule has 0 spiro atoms. The van der Waals surface area contributed by atoms with Crippen molar-refractivity contribution in [3.63, 3.8) is 0 Å². The van der Waals surface area contributed by atoms with E-state index in [1.165, 1.54) is 12.4 Å². The van der Waals surface area contributed by atoms with Crippen molar-refractivity contribution < 1.29 is 13.2 Å². The highest BCUT2D eigenvalue weighted by Gasteiger charge is 2.39. The van der Waals surface area contributed by atoms with Gasteiger partial charge in [-0.3, -0.25) is 0 Å². The van der Waals surface area contributed by atoms with Gasteiger partial charge in [0.2, 0.25) is 0 Å². The van der Waals surface area contributed by atoms with Crippen molar-refractivity contribution in [1.82, 2.24) is 19.7 Å². The SMILES string of the molecule is Cc1ccc(-c2c(C(F)(F)F)nn(-c3ncccn3)c2N)cc1. The Bertz CT molecular complexity index is 823. The molecule has 0 unspecified atom stereocenters. The second-order valence-corrected chi connectivity index (χ2v) is 4.93. The van der Waals surface area contributed by atoms with Crippen LogP contribution in [0.5, 0.6) is 0 Å². The fourth-order valence-corrected chi connectivity index (χ4v) is 2.19. The molecular weight excluding hydrogens is 307 g/mol. The normalized spacial score (nSPS) is 11.7. The first kappa shape index (κ1) is 15.0. The lowest BCUT2D eigenvalue weighted by atomic mass is 10.0. The molecule has 2 aromatic heterocycles. The van der Waals surface area contributed by atoms with Gasteiger partial charge in [0.1, 0.15) is 5.82 Å². The molecule has 0 radical (unpaired) electrons. The molecule has 0 aliphatic carbocycles. The van der Waals surface area contributed by atoms with Crippen molar-refractivity contribution in [2.45, 2.75) is 13.1 Å². The van der Waals surface area contributed by atoms with Gasteiger partial charge < -0.3 is 5.73 Å². The molecule has 0 fully saturated rings. The molecular formula is C15H12F3N5. The number of hydrogen-bond acceptors (Lipinski definition) is 4. The summed E-state index contributed by atoms with van der Waals surface area (Å²) >= 11 is 0. The number of alkyl halides is 3. The molecule has 5 nitrogen and oxygen atoms in total. The standard InChI is InChI=1S/C15H12F3N5/c1-9-3-5-10(6-4-9)11-12(15(16,17)18)22-23(13(11)19)14-20-7-2-8-21-14/h2-8H,19H2,1H3. The maximum atomic E-state index is 13.4. The maximum Gasteiger partial charge on any atom is 0.435 e. The number of aryl methyl sites for hydroxylation is 1. The average Bonchev–Trinajstić information content (AvgIpc) is 2.87. The van der Waals surface area contributed by atoms with Crippen LogP contribution in [-0.2, 0) is 6.18 Å². The van der Waals surface area contributed by atoms with E-state index in [4.69, 9.17) is 5.73 Å². The van der Waals surface area contributed by atoms with Gasteiger partial charge in [-0.05, 0) is 18.6 Å². The zero-order valence-electron chi connectivity index (χ0n) is 12.0. The summed E-state index contributed by atoms with van der Waals surface area (Å²) in [5, 5.41) is 3.59. The van der Waals surface area contributed by atoms with Crippen LogP contribution in [0.1, 0.15) is 11.3 Å². The van der Waals surface area contributed by atoms with Crippen molar-refractivity contribution in [1.29, 1.82) is 0 Å². The lowest BCUT2D eigenvalue weighted by molar-refractivity contribution is -0.140. The van der Waals surface area contributed by atoms with E-state index in [2.05, 4.69) is 15.1 Å². The lowest BCUT2D eigenvalue weighted by Gasteiger charge is -2.07. The summed E-state index contributed by atoms with van der Waals surface area (Å²) < 4.78 is 41.0. The lowest BCUT2D eigenvalue weighted by Crippen LogP contribution is -2.09. The molecule has 0 aliphatic rings. The highest BCUT2D eigenvalue weighted by Crippen LogP contribution is 2.40. The Morgan fingerprint density at radius 3 is 2.22 bits per heavy atom. The van der Waals surface area contributed by atoms with Crippen LogP contribution in [0.15, 0.2) is 42.7 Å². The van der Waals surface area contributed by atoms with Gasteiger partial charge in [-0.15, -0.1) is 0 Å². The summed E-state index contributed by atoms with van der Waals surface area (Å²) in [6.45, 7) is 1.85. The molecule has 2 N–H and O–H groups in total. The topological polar surface area (TPSA) is 69.6 Å². The van der Waals surface area contributed by atoms with Crippen LogP contribution >= 0.6 is 0 Å². The van der Waals surface area contributed by atoms with E-state index in [0.29, 0.717) is 5.56 Å². The van der Waals surface area contributed by atoms with Crippen LogP contribution in [-0.4, -0.2) is 19.7 Å². The quantitative estimate of drug-likeness (QED) is 0.787. The van der Waals surface area contributed by atoms with Gasteiger partial charge in [0, 0.05) is 12.4 Å². The molecule has 1 aromatic carbocycles. The fourth-order valence-electron chi connectivity index (χ4n) is 2.19. The number of anilines is 1. The van der Waals surface area contributed by atoms with Crippen molar-refractivity contribution in [3.8, 4) is 17.1 Å². The molecule has 0 saturated carbocycles. The molecule has 8 heteroatoms. The molecule has 3 aromatic rings. The zero-order chi connectivity index (χ0) is 16.6. The third-order valence-corrected chi connectivity index (χ3v) is 3.27. The number of nitrogens with two attached hydrogens (primary N) is 1. The number of nitrogens with zero attached hydrogens (tertiary/aromatic N) is 4. The van der Waals surface area contributed by atoms with Gasteiger partial charge in [0.25, 0.3) is 5.95 Å². The molecule has 0 amide bonds. The van der Waals surface area contributed by atoms with E-state index in [0.717, 1.165) is 10.2 Å². The Balaban J connectivity index is 2.25. The highest BCUT2D eigenvalue weighted by molar-refractivity contribution is 5.78. The summed E-state index contributed by atoms with van der Waals surface area (Å²) in [6, 6.07) is 8.13. The average molecular weight is 319 g/mol. The Morgan fingerprint density at radius 1 is 1.04 bits per heavy atom. The van der Waals surface area contributed by atoms with Crippen LogP contribution in [0.25, 0.3) is 17.1 Å². The predicted molar refractivity (Wildman–Crippen MR) is 78.7 cm³/mol. The summed E-state index contributed by atoms with van der Waals surface area (Å²) in [7, 11) is 0. The first-order valence-corrected chi connectivity index (χ1v) is 6.68. The van der Waals surface area contributed by atoms with Crippen LogP contribution < -0.4 is 5.73 Å². The molecule has 3 rings (SSSR count). The molecule has 23 heavy (non-hydrogen) atoms.